The Balaban J connectivity index is 1.32. The first-order valence-corrected chi connectivity index (χ1v) is 19.3. The molecule has 1 heterocycles. The van der Waals surface area contributed by atoms with Crippen molar-refractivity contribution in [3.63, 3.8) is 0 Å². The highest BCUT2D eigenvalue weighted by atomic mass is 35.5. The SMILES string of the molecule is COc1ccc(N(CC(=O)N/N=C\c2ccc(CN(Cc3ccc(Cl)cc3)S(=O)(=O)c3ccc(Cl)cc3)o2)S(=O)(=O)c2ccc(OC)c(OC)c2)cc1. The van der Waals surface area contributed by atoms with Crippen LogP contribution in [-0.4, -0.2) is 61.1 Å². The number of sulfonamides is 2. The van der Waals surface area contributed by atoms with E-state index in [0.29, 0.717) is 27.1 Å². The molecule has 13 nitrogen and oxygen atoms in total. The van der Waals surface area contributed by atoms with Crippen LogP contribution >= 0.6 is 23.2 Å². The summed E-state index contributed by atoms with van der Waals surface area (Å²) in [6.07, 6.45) is 1.21. The standard InChI is InChI=1S/C36H34Cl2N4O9S2/c1-48-29-12-10-28(11-13-29)42(53(46,47)33-18-19-34(49-2)35(20-33)50-3)24-36(43)40-39-21-30-14-15-31(51-30)23-41(22-25-4-6-26(37)7-5-25)52(44,45)32-16-8-27(38)9-17-32/h4-21H,22-24H2,1-3H3,(H,40,43)/b39-21-. The van der Waals surface area contributed by atoms with Crippen LogP contribution in [0, 0.1) is 0 Å². The third-order valence-electron chi connectivity index (χ3n) is 7.71. The van der Waals surface area contributed by atoms with E-state index in [1.54, 1.807) is 48.5 Å². The number of hydrogen-bond donors (Lipinski definition) is 1. The van der Waals surface area contributed by atoms with Crippen molar-refractivity contribution >= 4 is 61.1 Å². The lowest BCUT2D eigenvalue weighted by atomic mass is 10.2. The van der Waals surface area contributed by atoms with Crippen molar-refractivity contribution in [2.45, 2.75) is 22.9 Å². The number of rotatable bonds is 16. The van der Waals surface area contributed by atoms with Crippen LogP contribution in [0.5, 0.6) is 17.2 Å². The average molecular weight is 802 g/mol. The Labute approximate surface area is 317 Å². The van der Waals surface area contributed by atoms with Gasteiger partial charge in [-0.25, -0.2) is 22.3 Å². The summed E-state index contributed by atoms with van der Waals surface area (Å²) in [7, 11) is -4.04. The zero-order valence-corrected chi connectivity index (χ0v) is 31.7. The molecule has 1 N–H and O–H groups in total. The highest BCUT2D eigenvalue weighted by molar-refractivity contribution is 7.92. The van der Waals surface area contributed by atoms with Gasteiger partial charge < -0.3 is 18.6 Å². The van der Waals surface area contributed by atoms with Crippen molar-refractivity contribution in [1.29, 1.82) is 0 Å². The summed E-state index contributed by atoms with van der Waals surface area (Å²) >= 11 is 12.0. The molecule has 0 aliphatic carbocycles. The van der Waals surface area contributed by atoms with E-state index in [9.17, 15) is 21.6 Å². The Kier molecular flexibility index (Phi) is 12.7. The smallest absolute Gasteiger partial charge is 0.264 e. The molecule has 278 valence electrons. The highest BCUT2D eigenvalue weighted by Crippen LogP contribution is 2.33. The lowest BCUT2D eigenvalue weighted by Crippen LogP contribution is -2.39. The first-order valence-electron chi connectivity index (χ1n) is 15.6. The second-order valence-electron chi connectivity index (χ2n) is 11.2. The van der Waals surface area contributed by atoms with E-state index < -0.39 is 32.5 Å². The molecule has 1 amide bonds. The summed E-state index contributed by atoms with van der Waals surface area (Å²) in [5.41, 5.74) is 3.20. The van der Waals surface area contributed by atoms with E-state index >= 15 is 0 Å². The molecule has 17 heteroatoms. The number of nitrogens with one attached hydrogen (secondary N) is 1. The van der Waals surface area contributed by atoms with E-state index in [2.05, 4.69) is 10.5 Å². The summed E-state index contributed by atoms with van der Waals surface area (Å²) < 4.78 is 78.9. The summed E-state index contributed by atoms with van der Waals surface area (Å²) in [6, 6.07) is 26.0. The predicted octanol–water partition coefficient (Wildman–Crippen LogP) is 6.35. The molecule has 5 rings (SSSR count). The van der Waals surface area contributed by atoms with Gasteiger partial charge in [0.1, 0.15) is 23.8 Å². The maximum absolute atomic E-state index is 13.9. The van der Waals surface area contributed by atoms with Crippen LogP contribution in [-0.2, 0) is 37.9 Å². The van der Waals surface area contributed by atoms with Gasteiger partial charge in [0, 0.05) is 22.7 Å². The van der Waals surface area contributed by atoms with E-state index in [0.717, 1.165) is 4.31 Å². The first-order chi connectivity index (χ1) is 25.3. The number of carbonyl (C=O) groups excluding carboxylic acids is 1. The fraction of sp³-hybridized carbons (Fsp3) is 0.167. The van der Waals surface area contributed by atoms with Crippen LogP contribution in [0.1, 0.15) is 17.1 Å². The van der Waals surface area contributed by atoms with Crippen LogP contribution in [0.2, 0.25) is 10.0 Å². The number of furan rings is 1. The average Bonchev–Trinajstić information content (AvgIpc) is 3.61. The maximum atomic E-state index is 13.9. The van der Waals surface area contributed by atoms with Crippen molar-refractivity contribution < 1.29 is 40.3 Å². The predicted molar refractivity (Wildman–Crippen MR) is 201 cm³/mol. The summed E-state index contributed by atoms with van der Waals surface area (Å²) in [6.45, 7) is -0.774. The van der Waals surface area contributed by atoms with E-state index in [-0.39, 0.29) is 45.8 Å². The zero-order chi connectivity index (χ0) is 38.2. The van der Waals surface area contributed by atoms with Gasteiger partial charge in [0.15, 0.2) is 11.5 Å². The number of amides is 1. The number of carbonyl (C=O) groups is 1. The molecular weight excluding hydrogens is 767 g/mol. The van der Waals surface area contributed by atoms with Crippen LogP contribution < -0.4 is 23.9 Å². The minimum Gasteiger partial charge on any atom is -0.497 e. The molecule has 0 fully saturated rings. The second kappa shape index (κ2) is 17.2. The Morgan fingerprint density at radius 2 is 1.36 bits per heavy atom. The van der Waals surface area contributed by atoms with Crippen LogP contribution in [0.25, 0.3) is 0 Å². The maximum Gasteiger partial charge on any atom is 0.264 e. The quantitative estimate of drug-likeness (QED) is 0.0888. The van der Waals surface area contributed by atoms with Crippen molar-refractivity contribution in [2.75, 3.05) is 32.2 Å². The number of methoxy groups -OCH3 is 3. The number of ether oxygens (including phenoxy) is 3. The summed E-state index contributed by atoms with van der Waals surface area (Å²) in [4.78, 5) is 13.0. The van der Waals surface area contributed by atoms with E-state index in [1.807, 2.05) is 0 Å². The molecule has 0 aliphatic heterocycles. The number of hydrogen-bond acceptors (Lipinski definition) is 10. The molecule has 5 aromatic rings. The Morgan fingerprint density at radius 1 is 0.736 bits per heavy atom. The van der Waals surface area contributed by atoms with Gasteiger partial charge in [-0.3, -0.25) is 9.10 Å². The van der Waals surface area contributed by atoms with Gasteiger partial charge in [-0.1, -0.05) is 35.3 Å². The Hall–Kier alpha value is -5.06. The van der Waals surface area contributed by atoms with Crippen molar-refractivity contribution in [3.8, 4) is 17.2 Å². The molecule has 53 heavy (non-hydrogen) atoms. The monoisotopic (exact) mass is 800 g/mol. The topological polar surface area (TPSA) is 157 Å². The van der Waals surface area contributed by atoms with Gasteiger partial charge in [-0.2, -0.15) is 9.41 Å². The van der Waals surface area contributed by atoms with Gasteiger partial charge in [0.05, 0.1) is 49.6 Å². The molecule has 0 spiro atoms. The minimum atomic E-state index is -4.31. The largest absolute Gasteiger partial charge is 0.497 e. The Morgan fingerprint density at radius 3 is 1.98 bits per heavy atom. The molecule has 0 bridgehead atoms. The van der Waals surface area contributed by atoms with Crippen LogP contribution in [0.3, 0.4) is 0 Å². The van der Waals surface area contributed by atoms with Gasteiger partial charge in [-0.05, 0) is 90.5 Å². The van der Waals surface area contributed by atoms with Gasteiger partial charge in [0.25, 0.3) is 15.9 Å². The number of hydrazone groups is 1. The lowest BCUT2D eigenvalue weighted by molar-refractivity contribution is -0.119. The molecule has 0 unspecified atom stereocenters. The Bertz CT molecular complexity index is 2280. The second-order valence-corrected chi connectivity index (χ2v) is 15.9. The lowest BCUT2D eigenvalue weighted by Gasteiger charge is -2.24. The molecule has 0 aliphatic rings. The fourth-order valence-electron chi connectivity index (χ4n) is 5.00. The summed E-state index contributed by atoms with van der Waals surface area (Å²) in [5, 5.41) is 4.84. The number of anilines is 1. The van der Waals surface area contributed by atoms with E-state index in [1.165, 1.54) is 86.4 Å². The fourth-order valence-corrected chi connectivity index (χ4v) is 8.08. The molecule has 0 saturated carbocycles. The van der Waals surface area contributed by atoms with Gasteiger partial charge in [0.2, 0.25) is 10.0 Å². The van der Waals surface area contributed by atoms with Crippen LogP contribution in [0.4, 0.5) is 5.69 Å². The third-order valence-corrected chi connectivity index (χ3v) is 11.8. The summed E-state index contributed by atoms with van der Waals surface area (Å²) in [5.74, 6) is 0.714. The molecular formula is C36H34Cl2N4O9S2. The highest BCUT2D eigenvalue weighted by Gasteiger charge is 2.29. The molecule has 0 atom stereocenters. The van der Waals surface area contributed by atoms with Gasteiger partial charge in [-0.15, -0.1) is 0 Å². The normalized spacial score (nSPS) is 11.8. The van der Waals surface area contributed by atoms with Gasteiger partial charge >= 0.3 is 0 Å². The minimum absolute atomic E-state index is 0.0131. The molecule has 0 saturated heterocycles. The molecule has 4 aromatic carbocycles. The van der Waals surface area contributed by atoms with Crippen molar-refractivity contribution in [1.82, 2.24) is 9.73 Å². The molecule has 1 aromatic heterocycles. The van der Waals surface area contributed by atoms with Crippen molar-refractivity contribution in [2.24, 2.45) is 5.10 Å². The number of benzene rings is 4. The number of nitrogens with zero attached hydrogens (tertiary/aromatic N) is 3. The number of halogens is 2. The van der Waals surface area contributed by atoms with Crippen LogP contribution in [0.15, 0.2) is 122 Å². The van der Waals surface area contributed by atoms with E-state index in [4.69, 9.17) is 41.8 Å². The first kappa shape index (κ1) is 39.2. The zero-order valence-electron chi connectivity index (χ0n) is 28.6. The third kappa shape index (κ3) is 9.68. The molecule has 0 radical (unpaired) electrons. The van der Waals surface area contributed by atoms with Crippen molar-refractivity contribution in [3.05, 3.63) is 130 Å².